The molecule has 0 unspecified atom stereocenters. The number of anilines is 1. The van der Waals surface area contributed by atoms with Gasteiger partial charge in [-0.25, -0.2) is 0 Å². The third-order valence-electron chi connectivity index (χ3n) is 3.15. The highest BCUT2D eigenvalue weighted by atomic mass is 19.4. The number of ether oxygens (including phenoxy) is 2. The molecule has 1 aromatic carbocycles. The van der Waals surface area contributed by atoms with Crippen LogP contribution in [0.25, 0.3) is 0 Å². The topological polar surface area (TPSA) is 64.8 Å². The molecule has 116 valence electrons. The van der Waals surface area contributed by atoms with Gasteiger partial charge in [0, 0.05) is 13.1 Å². The fourth-order valence-electron chi connectivity index (χ4n) is 2.15. The molecule has 1 aliphatic rings. The van der Waals surface area contributed by atoms with Gasteiger partial charge in [0.15, 0.2) is 0 Å². The van der Waals surface area contributed by atoms with Gasteiger partial charge in [0.05, 0.1) is 37.0 Å². The molecule has 0 N–H and O–H groups in total. The number of methoxy groups -OCH3 is 1. The third kappa shape index (κ3) is 3.18. The summed E-state index contributed by atoms with van der Waals surface area (Å²) in [6, 6.07) is 1.58. The zero-order valence-electron chi connectivity index (χ0n) is 11.1. The summed E-state index contributed by atoms with van der Waals surface area (Å²) in [6.07, 6.45) is -4.81. The van der Waals surface area contributed by atoms with Crippen LogP contribution in [0.2, 0.25) is 0 Å². The molecule has 2 rings (SSSR count). The van der Waals surface area contributed by atoms with E-state index in [4.69, 9.17) is 9.47 Å². The first-order valence-electron chi connectivity index (χ1n) is 6.11. The largest absolute Gasteiger partial charge is 0.494 e. The van der Waals surface area contributed by atoms with E-state index in [0.717, 1.165) is 12.1 Å². The molecule has 0 amide bonds. The van der Waals surface area contributed by atoms with E-state index in [-0.39, 0.29) is 11.4 Å². The normalized spacial score (nSPS) is 15.9. The molecule has 1 aromatic rings. The van der Waals surface area contributed by atoms with Crippen LogP contribution in [-0.4, -0.2) is 38.3 Å². The quantitative estimate of drug-likeness (QED) is 0.634. The number of nitro groups is 1. The van der Waals surface area contributed by atoms with E-state index in [1.165, 1.54) is 7.11 Å². The van der Waals surface area contributed by atoms with Crippen LogP contribution in [0.4, 0.5) is 24.5 Å². The number of halogens is 3. The van der Waals surface area contributed by atoms with Crippen LogP contribution in [0.5, 0.6) is 5.75 Å². The first kappa shape index (κ1) is 15.4. The number of nitro benzene ring substituents is 1. The average molecular weight is 306 g/mol. The SMILES string of the molecule is COc1cc([N+](=O)[O-])c(C(F)(F)F)cc1N1CCOCC1. The Morgan fingerprint density at radius 3 is 2.43 bits per heavy atom. The highest BCUT2D eigenvalue weighted by Gasteiger charge is 2.40. The minimum Gasteiger partial charge on any atom is -0.494 e. The summed E-state index contributed by atoms with van der Waals surface area (Å²) in [7, 11) is 1.26. The van der Waals surface area contributed by atoms with Crippen molar-refractivity contribution in [1.82, 2.24) is 0 Å². The van der Waals surface area contributed by atoms with E-state index in [1.54, 1.807) is 4.90 Å². The molecule has 0 saturated carbocycles. The highest BCUT2D eigenvalue weighted by Crippen LogP contribution is 2.43. The molecule has 1 aliphatic heterocycles. The van der Waals surface area contributed by atoms with Gasteiger partial charge in [-0.15, -0.1) is 0 Å². The summed E-state index contributed by atoms with van der Waals surface area (Å²) < 4.78 is 49.2. The molecular formula is C12H13F3N2O4. The molecule has 0 bridgehead atoms. The van der Waals surface area contributed by atoms with Gasteiger partial charge in [-0.2, -0.15) is 13.2 Å². The Balaban J connectivity index is 2.56. The van der Waals surface area contributed by atoms with Gasteiger partial charge in [0.1, 0.15) is 11.3 Å². The van der Waals surface area contributed by atoms with Crippen LogP contribution < -0.4 is 9.64 Å². The molecule has 6 nitrogen and oxygen atoms in total. The average Bonchev–Trinajstić information content (AvgIpc) is 2.45. The fourth-order valence-corrected chi connectivity index (χ4v) is 2.15. The van der Waals surface area contributed by atoms with Gasteiger partial charge in [0.2, 0.25) is 0 Å². The van der Waals surface area contributed by atoms with Crippen LogP contribution in [-0.2, 0) is 10.9 Å². The number of alkyl halides is 3. The molecule has 1 saturated heterocycles. The summed E-state index contributed by atoms with van der Waals surface area (Å²) in [5.74, 6) is 0.0385. The minimum atomic E-state index is -4.81. The minimum absolute atomic E-state index is 0.0385. The standard InChI is InChI=1S/C12H13F3N2O4/c1-20-11-7-9(17(18)19)8(12(13,14)15)6-10(11)16-2-4-21-5-3-16/h6-7H,2-5H2,1H3. The number of rotatable bonds is 3. The molecular weight excluding hydrogens is 293 g/mol. The summed E-state index contributed by atoms with van der Waals surface area (Å²) in [4.78, 5) is 11.4. The predicted octanol–water partition coefficient (Wildman–Crippen LogP) is 2.46. The number of morpholine rings is 1. The molecule has 0 spiro atoms. The summed E-state index contributed by atoms with van der Waals surface area (Å²) >= 11 is 0. The second-order valence-corrected chi connectivity index (χ2v) is 4.40. The summed E-state index contributed by atoms with van der Waals surface area (Å²) in [5, 5.41) is 10.8. The van der Waals surface area contributed by atoms with Crippen molar-refractivity contribution < 1.29 is 27.6 Å². The van der Waals surface area contributed by atoms with Crippen LogP contribution in [0.15, 0.2) is 12.1 Å². The summed E-state index contributed by atoms with van der Waals surface area (Å²) in [6.45, 7) is 1.54. The van der Waals surface area contributed by atoms with Gasteiger partial charge in [0.25, 0.3) is 5.69 Å². The van der Waals surface area contributed by atoms with Gasteiger partial charge in [-0.05, 0) is 6.07 Å². The lowest BCUT2D eigenvalue weighted by atomic mass is 10.1. The van der Waals surface area contributed by atoms with E-state index in [2.05, 4.69) is 0 Å². The van der Waals surface area contributed by atoms with Gasteiger partial charge < -0.3 is 14.4 Å². The maximum atomic E-state index is 13.0. The van der Waals surface area contributed by atoms with Crippen molar-refractivity contribution in [3.63, 3.8) is 0 Å². The zero-order valence-corrected chi connectivity index (χ0v) is 11.1. The van der Waals surface area contributed by atoms with Crippen molar-refractivity contribution >= 4 is 11.4 Å². The fraction of sp³-hybridized carbons (Fsp3) is 0.500. The van der Waals surface area contributed by atoms with Crippen LogP contribution >= 0.6 is 0 Å². The van der Waals surface area contributed by atoms with E-state index in [1.807, 2.05) is 0 Å². The smallest absolute Gasteiger partial charge is 0.423 e. The summed E-state index contributed by atoms with van der Waals surface area (Å²) in [5.41, 5.74) is -2.12. The molecule has 0 atom stereocenters. The molecule has 0 aromatic heterocycles. The monoisotopic (exact) mass is 306 g/mol. The first-order valence-corrected chi connectivity index (χ1v) is 6.11. The van der Waals surface area contributed by atoms with Gasteiger partial charge in [-0.1, -0.05) is 0 Å². The highest BCUT2D eigenvalue weighted by molar-refractivity contribution is 5.66. The maximum absolute atomic E-state index is 13.0. The Hall–Kier alpha value is -2.03. The first-order chi connectivity index (χ1) is 9.84. The van der Waals surface area contributed by atoms with Crippen LogP contribution in [0.1, 0.15) is 5.56 Å². The Labute approximate surface area is 118 Å². The maximum Gasteiger partial charge on any atom is 0.423 e. The molecule has 0 radical (unpaired) electrons. The van der Waals surface area contributed by atoms with Crippen molar-refractivity contribution in [1.29, 1.82) is 0 Å². The number of benzene rings is 1. The van der Waals surface area contributed by atoms with Crippen LogP contribution in [0, 0.1) is 10.1 Å². The lowest BCUT2D eigenvalue weighted by Crippen LogP contribution is -2.36. The second-order valence-electron chi connectivity index (χ2n) is 4.40. The number of nitrogens with zero attached hydrogens (tertiary/aromatic N) is 2. The molecule has 1 fully saturated rings. The molecule has 0 aliphatic carbocycles. The lowest BCUT2D eigenvalue weighted by molar-refractivity contribution is -0.388. The van der Waals surface area contributed by atoms with Crippen molar-refractivity contribution in [2.24, 2.45) is 0 Å². The Morgan fingerprint density at radius 2 is 1.95 bits per heavy atom. The Kier molecular flexibility index (Phi) is 4.21. The lowest BCUT2D eigenvalue weighted by Gasteiger charge is -2.30. The third-order valence-corrected chi connectivity index (χ3v) is 3.15. The number of hydrogen-bond donors (Lipinski definition) is 0. The van der Waals surface area contributed by atoms with E-state index < -0.39 is 22.4 Å². The van der Waals surface area contributed by atoms with Crippen molar-refractivity contribution in [2.45, 2.75) is 6.18 Å². The number of hydrogen-bond acceptors (Lipinski definition) is 5. The van der Waals surface area contributed by atoms with E-state index in [0.29, 0.717) is 26.3 Å². The van der Waals surface area contributed by atoms with E-state index >= 15 is 0 Å². The van der Waals surface area contributed by atoms with Crippen molar-refractivity contribution in [3.05, 3.63) is 27.8 Å². The van der Waals surface area contributed by atoms with Crippen molar-refractivity contribution in [2.75, 3.05) is 38.3 Å². The van der Waals surface area contributed by atoms with Crippen molar-refractivity contribution in [3.8, 4) is 5.75 Å². The zero-order chi connectivity index (χ0) is 15.6. The van der Waals surface area contributed by atoms with Crippen LogP contribution in [0.3, 0.4) is 0 Å². The Morgan fingerprint density at radius 1 is 1.33 bits per heavy atom. The predicted molar refractivity (Wildman–Crippen MR) is 67.7 cm³/mol. The van der Waals surface area contributed by atoms with Gasteiger partial charge >= 0.3 is 6.18 Å². The molecule has 1 heterocycles. The second kappa shape index (κ2) is 5.76. The molecule has 9 heteroatoms. The van der Waals surface area contributed by atoms with Gasteiger partial charge in [-0.3, -0.25) is 10.1 Å². The van der Waals surface area contributed by atoms with E-state index in [9.17, 15) is 23.3 Å². The Bertz CT molecular complexity index is 542. The molecule has 21 heavy (non-hydrogen) atoms.